The van der Waals surface area contributed by atoms with Gasteiger partial charge >= 0.3 is 0 Å². The normalized spacial score (nSPS) is 21.1. The Balaban J connectivity index is 1.80. The topological polar surface area (TPSA) is 9.23 Å². The summed E-state index contributed by atoms with van der Waals surface area (Å²) in [5.74, 6) is 2.02. The van der Waals surface area contributed by atoms with Crippen molar-refractivity contribution in [2.45, 2.75) is 5.25 Å². The van der Waals surface area contributed by atoms with E-state index in [4.69, 9.17) is 17.0 Å². The van der Waals surface area contributed by atoms with Gasteiger partial charge in [0.05, 0.1) is 5.25 Å². The molecule has 0 bridgehead atoms. The fourth-order valence-corrected chi connectivity index (χ4v) is 3.95. The van der Waals surface area contributed by atoms with Crippen LogP contribution >= 0.6 is 35.7 Å². The molecule has 0 amide bonds. The number of hydrogen-bond donors (Lipinski definition) is 0. The quantitative estimate of drug-likeness (QED) is 0.752. The van der Waals surface area contributed by atoms with Crippen LogP contribution in [-0.2, 0) is 0 Å². The average Bonchev–Trinajstić information content (AvgIpc) is 2.63. The molecule has 0 unspecified atom stereocenters. The second-order valence-corrected chi connectivity index (χ2v) is 6.45. The van der Waals surface area contributed by atoms with E-state index in [0.717, 1.165) is 21.6 Å². The van der Waals surface area contributed by atoms with Crippen LogP contribution in [0.5, 0.6) is 5.75 Å². The van der Waals surface area contributed by atoms with Crippen LogP contribution in [0.3, 0.4) is 0 Å². The Kier molecular flexibility index (Phi) is 3.73. The summed E-state index contributed by atoms with van der Waals surface area (Å²) in [6.07, 6.45) is 0. The first kappa shape index (κ1) is 10.3. The molecule has 74 valence electrons. The monoisotopic (exact) mass is 242 g/mol. The lowest BCUT2D eigenvalue weighted by Gasteiger charge is -2.09. The van der Waals surface area contributed by atoms with Gasteiger partial charge in [0.15, 0.2) is 0 Å². The minimum absolute atomic E-state index is 0.521. The number of ether oxygens (including phenoxy) is 1. The second-order valence-electron chi connectivity index (χ2n) is 2.92. The first-order valence-electron chi connectivity index (χ1n) is 4.36. The zero-order valence-corrected chi connectivity index (χ0v) is 9.96. The lowest BCUT2D eigenvalue weighted by atomic mass is 10.3. The number of thioether (sulfide) groups is 2. The Morgan fingerprint density at radius 1 is 1.36 bits per heavy atom. The van der Waals surface area contributed by atoms with Gasteiger partial charge in [-0.3, -0.25) is 0 Å². The SMILES string of the molecule is S=C1SC[C@H](COc2ccccc2)S1. The van der Waals surface area contributed by atoms with Crippen LogP contribution < -0.4 is 4.74 Å². The van der Waals surface area contributed by atoms with E-state index in [1.807, 2.05) is 30.3 Å². The molecule has 0 saturated carbocycles. The van der Waals surface area contributed by atoms with Crippen molar-refractivity contribution in [3.05, 3.63) is 30.3 Å². The summed E-state index contributed by atoms with van der Waals surface area (Å²) < 4.78 is 6.69. The highest BCUT2D eigenvalue weighted by molar-refractivity contribution is 8.49. The average molecular weight is 242 g/mol. The van der Waals surface area contributed by atoms with E-state index in [-0.39, 0.29) is 0 Å². The molecule has 1 heterocycles. The van der Waals surface area contributed by atoms with Gasteiger partial charge in [0.1, 0.15) is 15.9 Å². The largest absolute Gasteiger partial charge is 0.492 e. The Bertz CT molecular complexity index is 312. The second kappa shape index (κ2) is 5.05. The van der Waals surface area contributed by atoms with Crippen LogP contribution in [0.4, 0.5) is 0 Å². The third kappa shape index (κ3) is 2.90. The van der Waals surface area contributed by atoms with Gasteiger partial charge in [0.25, 0.3) is 0 Å². The summed E-state index contributed by atoms with van der Waals surface area (Å²) in [6.45, 7) is 0.752. The van der Waals surface area contributed by atoms with Crippen molar-refractivity contribution >= 4 is 39.3 Å². The molecule has 0 radical (unpaired) electrons. The van der Waals surface area contributed by atoms with Gasteiger partial charge in [-0.15, -0.1) is 11.8 Å². The van der Waals surface area contributed by atoms with Crippen LogP contribution in [0.15, 0.2) is 30.3 Å². The zero-order valence-electron chi connectivity index (χ0n) is 7.51. The maximum Gasteiger partial charge on any atom is 0.119 e. The fourth-order valence-electron chi connectivity index (χ4n) is 1.15. The van der Waals surface area contributed by atoms with Crippen molar-refractivity contribution in [3.8, 4) is 5.75 Å². The molecule has 0 spiro atoms. The first-order valence-corrected chi connectivity index (χ1v) is 6.63. The van der Waals surface area contributed by atoms with Crippen LogP contribution in [-0.4, -0.2) is 21.1 Å². The van der Waals surface area contributed by atoms with Crippen molar-refractivity contribution in [3.63, 3.8) is 0 Å². The number of rotatable bonds is 3. The Morgan fingerprint density at radius 2 is 2.14 bits per heavy atom. The van der Waals surface area contributed by atoms with Gasteiger partial charge in [0, 0.05) is 5.75 Å². The van der Waals surface area contributed by atoms with Gasteiger partial charge in [-0.05, 0) is 12.1 Å². The molecule has 14 heavy (non-hydrogen) atoms. The van der Waals surface area contributed by atoms with E-state index in [0.29, 0.717) is 5.25 Å². The Hall–Kier alpha value is -0.190. The number of para-hydroxylation sites is 1. The molecule has 2 rings (SSSR count). The molecule has 0 N–H and O–H groups in total. The van der Waals surface area contributed by atoms with E-state index >= 15 is 0 Å². The van der Waals surface area contributed by atoms with E-state index in [9.17, 15) is 0 Å². The standard InChI is InChI=1S/C10H10OS3/c12-10-13-7-9(14-10)6-11-8-4-2-1-3-5-8/h1-5,9H,6-7H2/t9-/m0/s1. The molecule has 1 aromatic rings. The molecular formula is C10H10OS3. The van der Waals surface area contributed by atoms with E-state index in [1.165, 1.54) is 0 Å². The molecule has 0 aromatic heterocycles. The fraction of sp³-hybridized carbons (Fsp3) is 0.300. The summed E-state index contributed by atoms with van der Waals surface area (Å²) in [7, 11) is 0. The zero-order chi connectivity index (χ0) is 9.80. The smallest absolute Gasteiger partial charge is 0.119 e. The van der Waals surface area contributed by atoms with Gasteiger partial charge in [-0.25, -0.2) is 0 Å². The summed E-state index contributed by atoms with van der Waals surface area (Å²) >= 11 is 8.61. The highest BCUT2D eigenvalue weighted by Gasteiger charge is 2.21. The summed E-state index contributed by atoms with van der Waals surface area (Å²) in [5, 5.41) is 0.521. The third-order valence-electron chi connectivity index (χ3n) is 1.83. The summed E-state index contributed by atoms with van der Waals surface area (Å²) in [4.78, 5) is 0. The molecule has 1 nitrogen and oxygen atoms in total. The lowest BCUT2D eigenvalue weighted by Crippen LogP contribution is -2.13. The Labute approximate surface area is 97.6 Å². The predicted octanol–water partition coefficient (Wildman–Crippen LogP) is 3.20. The van der Waals surface area contributed by atoms with Gasteiger partial charge in [-0.1, -0.05) is 42.2 Å². The highest BCUT2D eigenvalue weighted by Crippen LogP contribution is 2.33. The lowest BCUT2D eigenvalue weighted by molar-refractivity contribution is 0.324. The molecular weight excluding hydrogens is 232 g/mol. The van der Waals surface area contributed by atoms with Crippen molar-refractivity contribution in [2.75, 3.05) is 12.4 Å². The number of benzene rings is 1. The summed E-state index contributed by atoms with van der Waals surface area (Å²) in [5.41, 5.74) is 0. The predicted molar refractivity (Wildman–Crippen MR) is 68.4 cm³/mol. The molecule has 1 aliphatic heterocycles. The summed E-state index contributed by atoms with van der Waals surface area (Å²) in [6, 6.07) is 9.91. The molecule has 1 fully saturated rings. The molecule has 1 saturated heterocycles. The first-order chi connectivity index (χ1) is 6.84. The Morgan fingerprint density at radius 3 is 2.79 bits per heavy atom. The van der Waals surface area contributed by atoms with Gasteiger partial charge in [0.2, 0.25) is 0 Å². The van der Waals surface area contributed by atoms with Crippen molar-refractivity contribution in [1.29, 1.82) is 0 Å². The van der Waals surface area contributed by atoms with Crippen molar-refractivity contribution in [2.24, 2.45) is 0 Å². The number of hydrogen-bond acceptors (Lipinski definition) is 4. The van der Waals surface area contributed by atoms with Crippen molar-refractivity contribution in [1.82, 2.24) is 0 Å². The molecule has 4 heteroatoms. The van der Waals surface area contributed by atoms with Crippen molar-refractivity contribution < 1.29 is 4.74 Å². The molecule has 1 aromatic carbocycles. The van der Waals surface area contributed by atoms with E-state index in [1.54, 1.807) is 23.5 Å². The van der Waals surface area contributed by atoms with E-state index < -0.39 is 0 Å². The van der Waals surface area contributed by atoms with Crippen LogP contribution in [0.25, 0.3) is 0 Å². The third-order valence-corrected chi connectivity index (χ3v) is 4.96. The highest BCUT2D eigenvalue weighted by atomic mass is 32.2. The van der Waals surface area contributed by atoms with Crippen LogP contribution in [0.1, 0.15) is 0 Å². The van der Waals surface area contributed by atoms with Gasteiger partial charge in [-0.2, -0.15) is 0 Å². The maximum absolute atomic E-state index is 5.64. The van der Waals surface area contributed by atoms with Crippen LogP contribution in [0.2, 0.25) is 0 Å². The molecule has 1 atom stereocenters. The molecule has 1 aliphatic rings. The minimum atomic E-state index is 0.521. The van der Waals surface area contributed by atoms with E-state index in [2.05, 4.69) is 0 Å². The minimum Gasteiger partial charge on any atom is -0.492 e. The number of thiocarbonyl (C=S) groups is 1. The van der Waals surface area contributed by atoms with Crippen LogP contribution in [0, 0.1) is 0 Å². The molecule has 0 aliphatic carbocycles. The van der Waals surface area contributed by atoms with Gasteiger partial charge < -0.3 is 4.74 Å². The maximum atomic E-state index is 5.64.